The zero-order valence-corrected chi connectivity index (χ0v) is 51.9. The van der Waals surface area contributed by atoms with Crippen LogP contribution in [0.1, 0.15) is 73.1 Å². The molecule has 0 N–H and O–H groups in total. The zero-order chi connectivity index (χ0) is 83.1. The minimum atomic E-state index is -6.12. The Labute approximate surface area is 583 Å². The quantitative estimate of drug-likeness (QED) is 0.0592. The minimum absolute atomic E-state index is 0. The first-order valence-corrected chi connectivity index (χ1v) is 30.8. The Bertz CT molecular complexity index is 6490. The van der Waals surface area contributed by atoms with Crippen LogP contribution in [0.5, 0.6) is 11.5 Å². The van der Waals surface area contributed by atoms with Crippen molar-refractivity contribution in [3.8, 4) is 84.3 Å². The average Bonchev–Trinajstić information content (AvgIpc) is 1.65. The van der Waals surface area contributed by atoms with Gasteiger partial charge in [-0.15, -0.1) is 29.7 Å². The van der Waals surface area contributed by atoms with Crippen molar-refractivity contribution in [2.45, 2.75) is 39.9 Å². The average molecular weight is 1390 g/mol. The van der Waals surface area contributed by atoms with Crippen molar-refractivity contribution in [1.82, 2.24) is 14.1 Å². The molecule has 7 heteroatoms. The molecule has 91 heavy (non-hydrogen) atoms. The van der Waals surface area contributed by atoms with E-state index in [4.69, 9.17) is 17.9 Å². The summed E-state index contributed by atoms with van der Waals surface area (Å²) in [5.41, 5.74) is 1.25. The second-order valence-electron chi connectivity index (χ2n) is 22.7. The van der Waals surface area contributed by atoms with Crippen LogP contribution in [-0.4, -0.2) is 22.2 Å². The van der Waals surface area contributed by atoms with E-state index >= 15 is 0 Å². The predicted molar refractivity (Wildman–Crippen MR) is 372 cm³/mol. The maximum atomic E-state index is 10.2. The van der Waals surface area contributed by atoms with Crippen LogP contribution in [0.2, 0.25) is 0 Å². The molecule has 0 bridgehead atoms. The number of aromatic nitrogens is 4. The summed E-state index contributed by atoms with van der Waals surface area (Å²) in [7, 11) is -6.12. The van der Waals surface area contributed by atoms with Gasteiger partial charge in [0, 0.05) is 52.5 Å². The smallest absolute Gasteiger partial charge is 0.268 e. The van der Waals surface area contributed by atoms with Crippen LogP contribution in [0, 0.1) is 32.2 Å². The van der Waals surface area contributed by atoms with Gasteiger partial charge in [-0.2, -0.15) is 18.2 Å². The van der Waals surface area contributed by atoms with Crippen molar-refractivity contribution in [2.24, 2.45) is 0 Å². The normalized spacial score (nSPS) is 16.3. The van der Waals surface area contributed by atoms with E-state index in [1.54, 1.807) is 79.0 Å². The number of benzene rings is 12. The van der Waals surface area contributed by atoms with Gasteiger partial charge in [0.05, 0.1) is 44.1 Å². The molecule has 1 aliphatic heterocycles. The molecule has 0 radical (unpaired) electrons. The number of pyridine rings is 1. The summed E-state index contributed by atoms with van der Waals surface area (Å²) >= 11 is 0. The first-order valence-electron chi connectivity index (χ1n) is 41.8. The Morgan fingerprint density at radius 1 is 0.495 bits per heavy atom. The number of nitrogens with zero attached hydrogens (tertiary/aromatic N) is 4. The summed E-state index contributed by atoms with van der Waals surface area (Å²) in [6.07, 6.45) is 5.28. The molecular formula is C84H62N4OPtSi-2. The van der Waals surface area contributed by atoms with Gasteiger partial charge in [0.1, 0.15) is 5.82 Å². The van der Waals surface area contributed by atoms with Crippen LogP contribution < -0.4 is 30.1 Å². The number of hydrogen-bond acceptors (Lipinski definition) is 2. The third-order valence-corrected chi connectivity index (χ3v) is 20.8. The van der Waals surface area contributed by atoms with Gasteiger partial charge in [-0.05, 0) is 141 Å². The number of imidazole rings is 1. The van der Waals surface area contributed by atoms with Gasteiger partial charge in [-0.25, -0.2) is 4.98 Å². The topological polar surface area (TPSA) is 35.9 Å². The molecule has 15 aromatic rings. The van der Waals surface area contributed by atoms with Gasteiger partial charge in [-0.3, -0.25) is 4.57 Å². The fourth-order valence-electron chi connectivity index (χ4n) is 12.7. The van der Waals surface area contributed by atoms with Gasteiger partial charge in [0.25, 0.3) is 6.33 Å². The van der Waals surface area contributed by atoms with Gasteiger partial charge in [0.15, 0.2) is 8.07 Å². The molecule has 1 aliphatic rings. The van der Waals surface area contributed by atoms with Crippen molar-refractivity contribution in [3.05, 3.63) is 320 Å². The van der Waals surface area contributed by atoms with E-state index in [-0.39, 0.29) is 121 Å². The van der Waals surface area contributed by atoms with Crippen LogP contribution in [0.4, 0.5) is 0 Å². The van der Waals surface area contributed by atoms with E-state index in [1.807, 2.05) is 47.0 Å². The molecule has 0 saturated carbocycles. The summed E-state index contributed by atoms with van der Waals surface area (Å²) in [5, 5.41) is -1.10. The monoisotopic (exact) mass is 1390 g/mol. The Morgan fingerprint density at radius 3 is 1.74 bits per heavy atom. The number of rotatable bonds is 10. The number of ether oxygens (including phenoxy) is 1. The first kappa shape index (κ1) is 35.2. The van der Waals surface area contributed by atoms with Gasteiger partial charge < -0.3 is 13.9 Å². The van der Waals surface area contributed by atoms with E-state index in [1.165, 1.54) is 51.6 Å². The standard InChI is InChI=1S/C84H62N4OSi.Pt/c1-56-26-22-27-57(2)80(56)73-43-25-44-74-81-67(58-28-10-6-11-29-58)41-24-42-72(81)68-38-18-19-39-69(68)75-53-66(90(63-32-12-7-13-33-63,64-34-14-8-15-35-64)65-36-16-9-17-37-65)54-78-83(75)87(82(73)74)55-86(78)60-30-23-31-61(51-60)89-62-46-47-71-70-40-20-21-45-76(70)88(77(71)52-62)79-50-59(48-49-85-79)84(3,4)5;/h6-50,53-54H,1-5H3;/q-2;/i1D3,2D3,6D,7D,8D,9D,10D,11D,12D,13D,14D,15D,16D,17D,28D,29D,32D,33D,34D,35D,36D,37D;. The largest absolute Gasteiger partial charge is 0.510 e. The summed E-state index contributed by atoms with van der Waals surface area (Å²) in [6, 6.07) is 31.0. The predicted octanol–water partition coefficient (Wildman–Crippen LogP) is 17.5. The van der Waals surface area contributed by atoms with Crippen LogP contribution in [0.25, 0.3) is 106 Å². The molecule has 0 unspecified atom stereocenters. The molecule has 0 aliphatic carbocycles. The zero-order valence-electron chi connectivity index (χ0n) is 74.6. The third-order valence-electron chi connectivity index (χ3n) is 16.6. The molecule has 12 aromatic carbocycles. The van der Waals surface area contributed by atoms with Gasteiger partial charge in [-0.1, -0.05) is 256 Å². The molecule has 0 fully saturated rings. The number of fused-ring (bicyclic) bond motifs is 10. The Kier molecular flexibility index (Phi) is 8.90. The molecular weight excluding hydrogens is 1300 g/mol. The Morgan fingerprint density at radius 2 is 1.07 bits per heavy atom. The molecule has 4 heterocycles. The van der Waals surface area contributed by atoms with Gasteiger partial charge in [0.2, 0.25) is 0 Å². The van der Waals surface area contributed by atoms with E-state index in [0.717, 1.165) is 21.9 Å². The molecule has 0 amide bonds. The van der Waals surface area contributed by atoms with E-state index in [2.05, 4.69) is 39.2 Å². The van der Waals surface area contributed by atoms with Crippen LogP contribution in [-0.2, 0) is 26.5 Å². The van der Waals surface area contributed by atoms with E-state index < -0.39 is 169 Å². The van der Waals surface area contributed by atoms with Crippen molar-refractivity contribution in [2.75, 3.05) is 0 Å². The number of aryl methyl sites for hydroxylation is 2. The number of para-hydroxylation sites is 2. The minimum Gasteiger partial charge on any atom is -0.510 e. The molecule has 0 atom stereocenters. The molecule has 3 aromatic heterocycles. The van der Waals surface area contributed by atoms with Crippen molar-refractivity contribution in [1.29, 1.82) is 0 Å². The number of hydrogen-bond donors (Lipinski definition) is 0. The molecule has 0 spiro atoms. The Balaban J connectivity index is 0.0000107. The molecule has 16 rings (SSSR count). The maximum Gasteiger partial charge on any atom is 0.268 e. The second-order valence-corrected chi connectivity index (χ2v) is 26.3. The van der Waals surface area contributed by atoms with Crippen molar-refractivity contribution < 1.29 is 66.0 Å². The van der Waals surface area contributed by atoms with Crippen LogP contribution in [0.15, 0.2) is 285 Å². The SMILES string of the molecule is [2H]c1c([2H])c([2H])c(-c2cccc3c2-c2cccc(-c4c(C([2H])([2H])[2H])cccc4C([2H])([2H])[2H])c2-[n+]2[c-]n(-c4[c-]c(Oc5[c-]c6c(cc5)c5ccccc5n6-c5cc(C(C)(C)C)ccn5)ccc4)c4cc([Si](c5c([2H])c([2H])c([2H])c([2H])c5[2H])(c5c([2H])c([2H])c([2H])c([2H])c5[2H])c5c([2H])c([2H])c([2H])c([2H])c5[2H])cc(c42)-c2ccccc2-3)c([2H])c1[2H].[Pt]. The fraction of sp³-hybridized carbons (Fsp3) is 0.0714. The van der Waals surface area contributed by atoms with Crippen molar-refractivity contribution in [3.63, 3.8) is 0 Å². The summed E-state index contributed by atoms with van der Waals surface area (Å²) in [5.74, 6) is 0.798. The fourth-order valence-corrected chi connectivity index (χ4v) is 16.5. The van der Waals surface area contributed by atoms with Crippen molar-refractivity contribution >= 4 is 61.7 Å². The molecule has 5 nitrogen and oxygen atoms in total. The van der Waals surface area contributed by atoms with Gasteiger partial charge >= 0.3 is 0 Å². The summed E-state index contributed by atoms with van der Waals surface area (Å²) in [4.78, 5) is 4.85. The second kappa shape index (κ2) is 23.0. The van der Waals surface area contributed by atoms with Crippen LogP contribution >= 0.6 is 0 Å². The third kappa shape index (κ3) is 9.55. The Hall–Kier alpha value is -10.2. The summed E-state index contributed by atoms with van der Waals surface area (Å²) in [6.45, 7) is 0.122. The summed E-state index contributed by atoms with van der Waals surface area (Å²) < 4.78 is 258. The maximum absolute atomic E-state index is 10.2. The van der Waals surface area contributed by atoms with Crippen LogP contribution in [0.3, 0.4) is 0 Å². The molecule has 440 valence electrons. The van der Waals surface area contributed by atoms with E-state index in [0.29, 0.717) is 11.3 Å². The molecule has 0 saturated heterocycles. The first-order chi connectivity index (χ1) is 54.8. The van der Waals surface area contributed by atoms with E-state index in [9.17, 15) is 27.4 Å².